The maximum atomic E-state index is 8.90. The first-order valence-electron chi connectivity index (χ1n) is 4.22. The maximum Gasteiger partial charge on any atom is 0.163 e. The minimum atomic E-state index is 0.201. The van der Waals surface area contributed by atoms with Crippen molar-refractivity contribution in [3.05, 3.63) is 34.9 Å². The van der Waals surface area contributed by atoms with Gasteiger partial charge < -0.3 is 5.73 Å². The van der Waals surface area contributed by atoms with Gasteiger partial charge in [-0.1, -0.05) is 23.7 Å². The van der Waals surface area contributed by atoms with Crippen molar-refractivity contribution < 1.29 is 0 Å². The Morgan fingerprint density at radius 3 is 2.93 bits per heavy atom. The van der Waals surface area contributed by atoms with Gasteiger partial charge >= 0.3 is 0 Å². The SMILES string of the molecule is N#Cc1c(N)n[nH]c1-c1cccc(Cl)c1. The smallest absolute Gasteiger partial charge is 0.163 e. The molecule has 1 aromatic carbocycles. The summed E-state index contributed by atoms with van der Waals surface area (Å²) in [6, 6.07) is 9.14. The van der Waals surface area contributed by atoms with E-state index in [4.69, 9.17) is 22.6 Å². The number of nitrogens with two attached hydrogens (primary N) is 1. The fourth-order valence-electron chi connectivity index (χ4n) is 1.32. The molecule has 1 aromatic heterocycles. The predicted octanol–water partition coefficient (Wildman–Crippen LogP) is 2.18. The van der Waals surface area contributed by atoms with Gasteiger partial charge in [-0.25, -0.2) is 0 Å². The summed E-state index contributed by atoms with van der Waals surface area (Å²) in [4.78, 5) is 0. The molecule has 0 aliphatic carbocycles. The van der Waals surface area contributed by atoms with Crippen molar-refractivity contribution in [2.45, 2.75) is 0 Å². The molecule has 74 valence electrons. The molecule has 2 rings (SSSR count). The number of aromatic amines is 1. The van der Waals surface area contributed by atoms with Gasteiger partial charge in [-0.15, -0.1) is 0 Å². The summed E-state index contributed by atoms with van der Waals surface area (Å²) >= 11 is 5.85. The Morgan fingerprint density at radius 1 is 1.47 bits per heavy atom. The minimum Gasteiger partial charge on any atom is -0.381 e. The molecular formula is C10H7ClN4. The summed E-state index contributed by atoms with van der Waals surface area (Å²) in [5, 5.41) is 16.0. The third kappa shape index (κ3) is 1.65. The Bertz CT molecular complexity index is 539. The molecule has 4 nitrogen and oxygen atoms in total. The van der Waals surface area contributed by atoms with Gasteiger partial charge in [-0.2, -0.15) is 10.4 Å². The van der Waals surface area contributed by atoms with E-state index in [1.807, 2.05) is 12.1 Å². The second-order valence-corrected chi connectivity index (χ2v) is 3.42. The molecule has 5 heteroatoms. The average molecular weight is 219 g/mol. The second kappa shape index (κ2) is 3.64. The molecule has 15 heavy (non-hydrogen) atoms. The Labute approximate surface area is 91.3 Å². The van der Waals surface area contributed by atoms with Crippen LogP contribution in [0.4, 0.5) is 5.82 Å². The van der Waals surface area contributed by atoms with E-state index < -0.39 is 0 Å². The Balaban J connectivity index is 2.60. The third-order valence-electron chi connectivity index (χ3n) is 2.02. The number of hydrogen-bond donors (Lipinski definition) is 2. The second-order valence-electron chi connectivity index (χ2n) is 2.98. The number of nitrogens with one attached hydrogen (secondary N) is 1. The summed E-state index contributed by atoms with van der Waals surface area (Å²) in [5.74, 6) is 0.201. The zero-order valence-corrected chi connectivity index (χ0v) is 8.42. The lowest BCUT2D eigenvalue weighted by Crippen LogP contribution is -1.87. The highest BCUT2D eigenvalue weighted by Crippen LogP contribution is 2.26. The van der Waals surface area contributed by atoms with E-state index in [1.54, 1.807) is 18.2 Å². The van der Waals surface area contributed by atoms with Crippen molar-refractivity contribution in [1.29, 1.82) is 5.26 Å². The molecule has 1 heterocycles. The first kappa shape index (κ1) is 9.56. The van der Waals surface area contributed by atoms with E-state index in [9.17, 15) is 0 Å². The van der Waals surface area contributed by atoms with Crippen LogP contribution in [0.5, 0.6) is 0 Å². The van der Waals surface area contributed by atoms with Gasteiger partial charge in [0.15, 0.2) is 5.82 Å². The Kier molecular flexibility index (Phi) is 2.32. The van der Waals surface area contributed by atoms with Gasteiger partial charge in [0.2, 0.25) is 0 Å². The number of anilines is 1. The van der Waals surface area contributed by atoms with E-state index in [0.29, 0.717) is 16.3 Å². The van der Waals surface area contributed by atoms with Gasteiger partial charge in [0.05, 0.1) is 5.69 Å². The van der Waals surface area contributed by atoms with Gasteiger partial charge in [0.25, 0.3) is 0 Å². The van der Waals surface area contributed by atoms with Crippen LogP contribution in [0.2, 0.25) is 5.02 Å². The lowest BCUT2D eigenvalue weighted by Gasteiger charge is -1.98. The molecule has 0 aliphatic heterocycles. The minimum absolute atomic E-state index is 0.201. The lowest BCUT2D eigenvalue weighted by molar-refractivity contribution is 1.10. The largest absolute Gasteiger partial charge is 0.381 e. The number of H-pyrrole nitrogens is 1. The molecule has 0 saturated carbocycles. The van der Waals surface area contributed by atoms with Gasteiger partial charge in [-0.05, 0) is 12.1 Å². The van der Waals surface area contributed by atoms with Crippen LogP contribution in [-0.2, 0) is 0 Å². The van der Waals surface area contributed by atoms with Crippen LogP contribution in [0.3, 0.4) is 0 Å². The van der Waals surface area contributed by atoms with Crippen LogP contribution in [0, 0.1) is 11.3 Å². The molecule has 0 unspecified atom stereocenters. The van der Waals surface area contributed by atoms with Crippen LogP contribution in [0.1, 0.15) is 5.56 Å². The molecule has 0 saturated heterocycles. The summed E-state index contributed by atoms with van der Waals surface area (Å²) in [5.41, 5.74) is 7.26. The van der Waals surface area contributed by atoms with Crippen LogP contribution in [0.15, 0.2) is 24.3 Å². The van der Waals surface area contributed by atoms with Gasteiger partial charge in [0.1, 0.15) is 11.6 Å². The van der Waals surface area contributed by atoms with E-state index in [2.05, 4.69) is 10.2 Å². The molecule has 0 amide bonds. The van der Waals surface area contributed by atoms with E-state index >= 15 is 0 Å². The summed E-state index contributed by atoms with van der Waals surface area (Å²) in [7, 11) is 0. The summed E-state index contributed by atoms with van der Waals surface area (Å²) in [6.45, 7) is 0. The zero-order chi connectivity index (χ0) is 10.8. The number of nitriles is 1. The first-order valence-corrected chi connectivity index (χ1v) is 4.60. The molecule has 0 bridgehead atoms. The molecule has 0 fully saturated rings. The van der Waals surface area contributed by atoms with E-state index in [-0.39, 0.29) is 5.82 Å². The standard InChI is InChI=1S/C10H7ClN4/c11-7-3-1-2-6(4-7)9-8(5-12)10(13)15-14-9/h1-4H,(H3,13,14,15). The number of hydrogen-bond acceptors (Lipinski definition) is 3. The van der Waals surface area contributed by atoms with Crippen molar-refractivity contribution in [1.82, 2.24) is 10.2 Å². The van der Waals surface area contributed by atoms with Crippen molar-refractivity contribution >= 4 is 17.4 Å². The van der Waals surface area contributed by atoms with Crippen LogP contribution in [0.25, 0.3) is 11.3 Å². The fraction of sp³-hybridized carbons (Fsp3) is 0. The van der Waals surface area contributed by atoms with Crippen molar-refractivity contribution in [3.63, 3.8) is 0 Å². The number of nitrogens with zero attached hydrogens (tertiary/aromatic N) is 2. The van der Waals surface area contributed by atoms with E-state index in [1.165, 1.54) is 0 Å². The number of nitrogen functional groups attached to an aromatic ring is 1. The normalized spacial score (nSPS) is 9.87. The number of aromatic nitrogens is 2. The highest BCUT2D eigenvalue weighted by molar-refractivity contribution is 6.30. The zero-order valence-electron chi connectivity index (χ0n) is 7.66. The van der Waals surface area contributed by atoms with Crippen molar-refractivity contribution in [2.24, 2.45) is 0 Å². The Morgan fingerprint density at radius 2 is 2.27 bits per heavy atom. The molecule has 2 aromatic rings. The highest BCUT2D eigenvalue weighted by atomic mass is 35.5. The Hall–Kier alpha value is -1.99. The van der Waals surface area contributed by atoms with Crippen LogP contribution in [-0.4, -0.2) is 10.2 Å². The number of halogens is 1. The van der Waals surface area contributed by atoms with Gasteiger partial charge in [0, 0.05) is 10.6 Å². The lowest BCUT2D eigenvalue weighted by atomic mass is 10.1. The maximum absolute atomic E-state index is 8.90. The van der Waals surface area contributed by atoms with Crippen LogP contribution < -0.4 is 5.73 Å². The third-order valence-corrected chi connectivity index (χ3v) is 2.25. The number of benzene rings is 1. The molecule has 0 atom stereocenters. The van der Waals surface area contributed by atoms with Crippen LogP contribution >= 0.6 is 11.6 Å². The van der Waals surface area contributed by atoms with Gasteiger partial charge in [-0.3, -0.25) is 5.10 Å². The fourth-order valence-corrected chi connectivity index (χ4v) is 1.51. The van der Waals surface area contributed by atoms with Crippen molar-refractivity contribution in [3.8, 4) is 17.3 Å². The average Bonchev–Trinajstić information content (AvgIpc) is 2.59. The molecule has 3 N–H and O–H groups in total. The first-order chi connectivity index (χ1) is 7.22. The predicted molar refractivity (Wildman–Crippen MR) is 58.2 cm³/mol. The molecule has 0 aliphatic rings. The molecular weight excluding hydrogens is 212 g/mol. The van der Waals surface area contributed by atoms with E-state index in [0.717, 1.165) is 5.56 Å². The number of rotatable bonds is 1. The topological polar surface area (TPSA) is 78.5 Å². The monoisotopic (exact) mass is 218 g/mol. The summed E-state index contributed by atoms with van der Waals surface area (Å²) < 4.78 is 0. The highest BCUT2D eigenvalue weighted by Gasteiger charge is 2.11. The molecule has 0 spiro atoms. The quantitative estimate of drug-likeness (QED) is 0.770. The molecule has 0 radical (unpaired) electrons. The summed E-state index contributed by atoms with van der Waals surface area (Å²) in [6.07, 6.45) is 0. The van der Waals surface area contributed by atoms with Crippen molar-refractivity contribution in [2.75, 3.05) is 5.73 Å².